The predicted octanol–water partition coefficient (Wildman–Crippen LogP) is 2.30. The summed E-state index contributed by atoms with van der Waals surface area (Å²) in [5.41, 5.74) is 1.34. The van der Waals surface area contributed by atoms with Crippen LogP contribution in [0.2, 0.25) is 0 Å². The molecule has 102 valence electrons. The number of hydrogen-bond acceptors (Lipinski definition) is 3. The fraction of sp³-hybridized carbons (Fsp3) is 0.692. The Balaban J connectivity index is 2.64. The molecule has 0 saturated carbocycles. The smallest absolute Gasteiger partial charge is 0.250 e. The molecule has 0 aromatic carbocycles. The molecule has 0 bridgehead atoms. The molecule has 1 amide bonds. The topological polar surface area (TPSA) is 56.2 Å². The Morgan fingerprint density at radius 1 is 1.50 bits per heavy atom. The van der Waals surface area contributed by atoms with Crippen molar-refractivity contribution in [3.63, 3.8) is 0 Å². The summed E-state index contributed by atoms with van der Waals surface area (Å²) in [6.07, 6.45) is 1.81. The highest BCUT2D eigenvalue weighted by Gasteiger charge is 2.16. The molecule has 1 N–H and O–H groups in total. The molecular formula is C13H23N3O2. The van der Waals surface area contributed by atoms with E-state index in [2.05, 4.69) is 10.4 Å². The highest BCUT2D eigenvalue weighted by atomic mass is 16.5. The first-order chi connectivity index (χ1) is 8.19. The molecule has 5 nitrogen and oxygen atoms in total. The Morgan fingerprint density at radius 2 is 2.11 bits per heavy atom. The van der Waals surface area contributed by atoms with Crippen LogP contribution in [0.1, 0.15) is 46.2 Å². The van der Waals surface area contributed by atoms with E-state index in [9.17, 15) is 4.79 Å². The van der Waals surface area contributed by atoms with Crippen molar-refractivity contribution in [2.75, 3.05) is 11.9 Å². The van der Waals surface area contributed by atoms with Gasteiger partial charge in [-0.25, -0.2) is 0 Å². The number of carbonyl (C=O) groups excluding carboxylic acids is 1. The number of nitrogens with zero attached hydrogens (tertiary/aromatic N) is 2. The molecule has 18 heavy (non-hydrogen) atoms. The number of rotatable bonds is 4. The summed E-state index contributed by atoms with van der Waals surface area (Å²) in [6, 6.07) is 0. The average Bonchev–Trinajstić information content (AvgIpc) is 2.55. The molecule has 0 aliphatic carbocycles. The normalized spacial score (nSPS) is 11.9. The standard InChI is InChI=1S/C13H23N3O2/c1-9(2)12-10(7-16(6)15-12)14-11(17)8-18-13(3,4)5/h7,9H,8H2,1-6H3,(H,14,17). The van der Waals surface area contributed by atoms with Crippen molar-refractivity contribution in [3.05, 3.63) is 11.9 Å². The van der Waals surface area contributed by atoms with Crippen LogP contribution in [0.15, 0.2) is 6.20 Å². The van der Waals surface area contributed by atoms with Crippen LogP contribution in [0.5, 0.6) is 0 Å². The zero-order valence-electron chi connectivity index (χ0n) is 12.1. The van der Waals surface area contributed by atoms with Crippen LogP contribution in [0.25, 0.3) is 0 Å². The highest BCUT2D eigenvalue weighted by molar-refractivity contribution is 5.92. The number of aromatic nitrogens is 2. The van der Waals surface area contributed by atoms with Crippen LogP contribution in [0.4, 0.5) is 5.69 Å². The lowest BCUT2D eigenvalue weighted by molar-refractivity contribution is -0.125. The molecule has 0 saturated heterocycles. The van der Waals surface area contributed by atoms with Crippen molar-refractivity contribution in [1.29, 1.82) is 0 Å². The van der Waals surface area contributed by atoms with Gasteiger partial charge in [0.1, 0.15) is 6.61 Å². The van der Waals surface area contributed by atoms with Gasteiger partial charge in [-0.1, -0.05) is 13.8 Å². The predicted molar refractivity (Wildman–Crippen MR) is 71.6 cm³/mol. The highest BCUT2D eigenvalue weighted by Crippen LogP contribution is 2.22. The average molecular weight is 253 g/mol. The monoisotopic (exact) mass is 253 g/mol. The number of carbonyl (C=O) groups is 1. The van der Waals surface area contributed by atoms with Crippen LogP contribution in [0.3, 0.4) is 0 Å². The van der Waals surface area contributed by atoms with Gasteiger partial charge in [-0.15, -0.1) is 0 Å². The maximum absolute atomic E-state index is 11.8. The van der Waals surface area contributed by atoms with E-state index in [0.29, 0.717) is 0 Å². The Hall–Kier alpha value is -1.36. The van der Waals surface area contributed by atoms with Gasteiger partial charge in [0.25, 0.3) is 0 Å². The lowest BCUT2D eigenvalue weighted by Crippen LogP contribution is -2.27. The first-order valence-electron chi connectivity index (χ1n) is 6.16. The van der Waals surface area contributed by atoms with Crippen molar-refractivity contribution in [2.24, 2.45) is 7.05 Å². The van der Waals surface area contributed by atoms with Crippen LogP contribution in [0, 0.1) is 0 Å². The van der Waals surface area contributed by atoms with E-state index in [-0.39, 0.29) is 24.0 Å². The van der Waals surface area contributed by atoms with Crippen molar-refractivity contribution >= 4 is 11.6 Å². The summed E-state index contributed by atoms with van der Waals surface area (Å²) < 4.78 is 7.14. The number of amides is 1. The maximum Gasteiger partial charge on any atom is 0.250 e. The van der Waals surface area contributed by atoms with Gasteiger partial charge in [-0.05, 0) is 26.7 Å². The van der Waals surface area contributed by atoms with E-state index in [4.69, 9.17) is 4.74 Å². The number of aryl methyl sites for hydroxylation is 1. The fourth-order valence-corrected chi connectivity index (χ4v) is 1.50. The van der Waals surface area contributed by atoms with Crippen LogP contribution < -0.4 is 5.32 Å². The molecule has 1 heterocycles. The van der Waals surface area contributed by atoms with Crippen molar-refractivity contribution in [1.82, 2.24) is 9.78 Å². The minimum atomic E-state index is -0.312. The molecule has 0 unspecified atom stereocenters. The summed E-state index contributed by atoms with van der Waals surface area (Å²) in [5, 5.41) is 7.17. The maximum atomic E-state index is 11.8. The number of nitrogens with one attached hydrogen (secondary N) is 1. The first kappa shape index (κ1) is 14.7. The molecule has 0 spiro atoms. The SMILES string of the molecule is CC(C)c1nn(C)cc1NC(=O)COC(C)(C)C. The second kappa shape index (κ2) is 5.52. The van der Waals surface area contributed by atoms with E-state index >= 15 is 0 Å². The third kappa shape index (κ3) is 4.49. The lowest BCUT2D eigenvalue weighted by atomic mass is 10.1. The second-order valence-electron chi connectivity index (χ2n) is 5.71. The van der Waals surface area contributed by atoms with Crippen molar-refractivity contribution in [3.8, 4) is 0 Å². The molecule has 0 fully saturated rings. The van der Waals surface area contributed by atoms with Gasteiger partial charge in [0.15, 0.2) is 0 Å². The van der Waals surface area contributed by atoms with Gasteiger partial charge in [0.05, 0.1) is 17.0 Å². The molecule has 1 aromatic heterocycles. The zero-order chi connectivity index (χ0) is 13.9. The zero-order valence-corrected chi connectivity index (χ0v) is 12.1. The molecule has 1 aromatic rings. The minimum Gasteiger partial charge on any atom is -0.366 e. The van der Waals surface area contributed by atoms with E-state index in [1.807, 2.05) is 47.9 Å². The van der Waals surface area contributed by atoms with E-state index in [1.165, 1.54) is 0 Å². The third-order valence-electron chi connectivity index (χ3n) is 2.31. The molecule has 0 aliphatic rings. The Kier molecular flexibility index (Phi) is 4.51. The summed E-state index contributed by atoms with van der Waals surface area (Å²) >= 11 is 0. The van der Waals surface area contributed by atoms with E-state index in [1.54, 1.807) is 4.68 Å². The molecule has 0 aliphatic heterocycles. The Labute approximate surface area is 109 Å². The van der Waals surface area contributed by atoms with Crippen molar-refractivity contribution in [2.45, 2.75) is 46.1 Å². The van der Waals surface area contributed by atoms with Crippen molar-refractivity contribution < 1.29 is 9.53 Å². The van der Waals surface area contributed by atoms with Crippen LogP contribution >= 0.6 is 0 Å². The first-order valence-corrected chi connectivity index (χ1v) is 6.16. The summed E-state index contributed by atoms with van der Waals surface area (Å²) in [4.78, 5) is 11.8. The van der Waals surface area contributed by atoms with Gasteiger partial charge < -0.3 is 10.1 Å². The Morgan fingerprint density at radius 3 is 2.61 bits per heavy atom. The quantitative estimate of drug-likeness (QED) is 0.895. The van der Waals surface area contributed by atoms with Gasteiger partial charge >= 0.3 is 0 Å². The van der Waals surface area contributed by atoms with E-state index in [0.717, 1.165) is 11.4 Å². The number of ether oxygens (including phenoxy) is 1. The molecule has 0 atom stereocenters. The van der Waals surface area contributed by atoms with Gasteiger partial charge in [-0.3, -0.25) is 9.48 Å². The van der Waals surface area contributed by atoms with Gasteiger partial charge in [-0.2, -0.15) is 5.10 Å². The van der Waals surface area contributed by atoms with Gasteiger partial charge in [0, 0.05) is 13.2 Å². The lowest BCUT2D eigenvalue weighted by Gasteiger charge is -2.19. The summed E-state index contributed by atoms with van der Waals surface area (Å²) in [5.74, 6) is 0.116. The third-order valence-corrected chi connectivity index (χ3v) is 2.31. The molecule has 5 heteroatoms. The number of hydrogen-bond donors (Lipinski definition) is 1. The van der Waals surface area contributed by atoms with Gasteiger partial charge in [0.2, 0.25) is 5.91 Å². The summed E-state index contributed by atoms with van der Waals surface area (Å²) in [7, 11) is 1.84. The molecule has 1 rings (SSSR count). The second-order valence-corrected chi connectivity index (χ2v) is 5.71. The largest absolute Gasteiger partial charge is 0.366 e. The van der Waals surface area contributed by atoms with Crippen LogP contribution in [-0.2, 0) is 16.6 Å². The minimum absolute atomic E-state index is 0.0515. The molecule has 0 radical (unpaired) electrons. The van der Waals surface area contributed by atoms with Crippen LogP contribution in [-0.4, -0.2) is 27.9 Å². The number of anilines is 1. The summed E-state index contributed by atoms with van der Waals surface area (Å²) in [6.45, 7) is 9.90. The van der Waals surface area contributed by atoms with E-state index < -0.39 is 0 Å². The molecular weight excluding hydrogens is 230 g/mol. The Bertz CT molecular complexity index is 416. The fourth-order valence-electron chi connectivity index (χ4n) is 1.50.